The Hall–Kier alpha value is -2.78. The predicted octanol–water partition coefficient (Wildman–Crippen LogP) is 2.68. The van der Waals surface area contributed by atoms with Crippen molar-refractivity contribution < 1.29 is 27.5 Å². The van der Waals surface area contributed by atoms with E-state index < -0.39 is 28.0 Å². The lowest BCUT2D eigenvalue weighted by Gasteiger charge is -2.34. The number of ether oxygens (including phenoxy) is 2. The molecule has 1 heterocycles. The zero-order valence-corrected chi connectivity index (χ0v) is 17.3. The standard InChI is InChI=1S/C19H19ClN2O6S/c1-3-27-19(24)12-4-7-14(8-5-12)21-18(23)17-11-22(29(2,25)26)15-10-13(20)6-9-16(15)28-17/h4-10,17H,3,11H2,1-2H3,(H,21,23). The summed E-state index contributed by atoms with van der Waals surface area (Å²) in [5, 5.41) is 3.01. The van der Waals surface area contributed by atoms with Crippen LogP contribution in [-0.4, -0.2) is 45.8 Å². The molecule has 0 saturated carbocycles. The number of benzene rings is 2. The highest BCUT2D eigenvalue weighted by molar-refractivity contribution is 7.92. The molecule has 8 nitrogen and oxygen atoms in total. The molecule has 1 aliphatic rings. The van der Waals surface area contributed by atoms with Crippen LogP contribution in [0, 0.1) is 0 Å². The fraction of sp³-hybridized carbons (Fsp3) is 0.263. The fourth-order valence-electron chi connectivity index (χ4n) is 2.80. The molecule has 3 rings (SSSR count). The summed E-state index contributed by atoms with van der Waals surface area (Å²) in [6, 6.07) is 10.7. The third-order valence-electron chi connectivity index (χ3n) is 4.15. The summed E-state index contributed by atoms with van der Waals surface area (Å²) in [4.78, 5) is 24.4. The molecule has 1 aliphatic heterocycles. The molecule has 1 amide bonds. The maximum absolute atomic E-state index is 12.7. The zero-order valence-electron chi connectivity index (χ0n) is 15.7. The molecular weight excluding hydrogens is 420 g/mol. The van der Waals surface area contributed by atoms with Gasteiger partial charge in [0.2, 0.25) is 10.0 Å². The minimum absolute atomic E-state index is 0.196. The van der Waals surface area contributed by atoms with E-state index in [4.69, 9.17) is 21.1 Å². The van der Waals surface area contributed by atoms with Gasteiger partial charge in [0.1, 0.15) is 5.75 Å². The van der Waals surface area contributed by atoms with Gasteiger partial charge in [-0.3, -0.25) is 9.10 Å². The van der Waals surface area contributed by atoms with Crippen molar-refractivity contribution in [1.29, 1.82) is 0 Å². The van der Waals surface area contributed by atoms with Gasteiger partial charge in [-0.1, -0.05) is 11.6 Å². The number of sulfonamides is 1. The summed E-state index contributed by atoms with van der Waals surface area (Å²) in [7, 11) is -3.65. The Morgan fingerprint density at radius 2 is 1.93 bits per heavy atom. The molecule has 1 atom stereocenters. The lowest BCUT2D eigenvalue weighted by molar-refractivity contribution is -0.122. The van der Waals surface area contributed by atoms with Gasteiger partial charge in [0.15, 0.2) is 6.10 Å². The predicted molar refractivity (Wildman–Crippen MR) is 109 cm³/mol. The molecule has 29 heavy (non-hydrogen) atoms. The van der Waals surface area contributed by atoms with Gasteiger partial charge in [0.05, 0.1) is 30.7 Å². The maximum atomic E-state index is 12.7. The van der Waals surface area contributed by atoms with E-state index in [1.165, 1.54) is 24.3 Å². The summed E-state index contributed by atoms with van der Waals surface area (Å²) in [6.07, 6.45) is -0.0188. The van der Waals surface area contributed by atoms with Gasteiger partial charge in [-0.25, -0.2) is 13.2 Å². The second kappa shape index (κ2) is 8.30. The van der Waals surface area contributed by atoms with Crippen molar-refractivity contribution in [3.05, 3.63) is 53.1 Å². The van der Waals surface area contributed by atoms with Crippen molar-refractivity contribution >= 4 is 44.9 Å². The molecule has 1 N–H and O–H groups in total. The van der Waals surface area contributed by atoms with Crippen molar-refractivity contribution in [3.63, 3.8) is 0 Å². The highest BCUT2D eigenvalue weighted by Gasteiger charge is 2.35. The largest absolute Gasteiger partial charge is 0.476 e. The van der Waals surface area contributed by atoms with E-state index >= 15 is 0 Å². The smallest absolute Gasteiger partial charge is 0.338 e. The summed E-state index contributed by atoms with van der Waals surface area (Å²) >= 11 is 5.96. The minimum Gasteiger partial charge on any atom is -0.476 e. The van der Waals surface area contributed by atoms with Crippen LogP contribution in [0.5, 0.6) is 5.75 Å². The maximum Gasteiger partial charge on any atom is 0.338 e. The second-order valence-corrected chi connectivity index (χ2v) is 8.64. The summed E-state index contributed by atoms with van der Waals surface area (Å²) in [5.41, 5.74) is 1.06. The number of rotatable bonds is 5. The monoisotopic (exact) mass is 438 g/mol. The highest BCUT2D eigenvalue weighted by atomic mass is 35.5. The first kappa shape index (κ1) is 20.9. The molecule has 0 aliphatic carbocycles. The van der Waals surface area contributed by atoms with E-state index in [9.17, 15) is 18.0 Å². The van der Waals surface area contributed by atoms with E-state index in [1.807, 2.05) is 0 Å². The van der Waals surface area contributed by atoms with Crippen LogP contribution in [0.2, 0.25) is 5.02 Å². The fourth-order valence-corrected chi connectivity index (χ4v) is 3.87. The Labute approximate surface area is 173 Å². The number of esters is 1. The van der Waals surface area contributed by atoms with Gasteiger partial charge in [-0.05, 0) is 49.4 Å². The number of fused-ring (bicyclic) bond motifs is 1. The van der Waals surface area contributed by atoms with Gasteiger partial charge in [-0.2, -0.15) is 0 Å². The molecule has 0 fully saturated rings. The van der Waals surface area contributed by atoms with Gasteiger partial charge in [0.25, 0.3) is 5.91 Å². The van der Waals surface area contributed by atoms with Gasteiger partial charge >= 0.3 is 5.97 Å². The van der Waals surface area contributed by atoms with E-state index in [1.54, 1.807) is 25.1 Å². The summed E-state index contributed by atoms with van der Waals surface area (Å²) in [6.45, 7) is 1.78. The number of nitrogens with one attached hydrogen (secondary N) is 1. The minimum atomic E-state index is -3.65. The molecule has 0 bridgehead atoms. The van der Waals surface area contributed by atoms with Crippen molar-refractivity contribution in [3.8, 4) is 5.75 Å². The van der Waals surface area contributed by atoms with Gasteiger partial charge in [-0.15, -0.1) is 0 Å². The first-order valence-corrected chi connectivity index (χ1v) is 10.9. The van der Waals surface area contributed by atoms with Gasteiger partial charge in [0, 0.05) is 10.7 Å². The number of halogens is 1. The normalized spacial score (nSPS) is 15.8. The molecule has 10 heteroatoms. The number of anilines is 2. The van der Waals surface area contributed by atoms with Crippen molar-refractivity contribution in [2.24, 2.45) is 0 Å². The van der Waals surface area contributed by atoms with Crippen LogP contribution in [0.4, 0.5) is 11.4 Å². The first-order chi connectivity index (χ1) is 13.7. The quantitative estimate of drug-likeness (QED) is 0.720. The van der Waals surface area contributed by atoms with Crippen LogP contribution < -0.4 is 14.4 Å². The number of hydrogen-bond donors (Lipinski definition) is 1. The van der Waals surface area contributed by atoms with E-state index in [-0.39, 0.29) is 24.6 Å². The lowest BCUT2D eigenvalue weighted by atomic mass is 10.2. The van der Waals surface area contributed by atoms with Crippen LogP contribution in [0.25, 0.3) is 0 Å². The Bertz CT molecular complexity index is 1040. The number of amides is 1. The number of hydrogen-bond acceptors (Lipinski definition) is 6. The van der Waals surface area contributed by atoms with Crippen molar-refractivity contribution in [2.45, 2.75) is 13.0 Å². The molecule has 154 valence electrons. The van der Waals surface area contributed by atoms with Crippen LogP contribution in [0.1, 0.15) is 17.3 Å². The molecule has 1 unspecified atom stereocenters. The third kappa shape index (κ3) is 4.80. The molecule has 0 aromatic heterocycles. The van der Waals surface area contributed by atoms with Crippen LogP contribution in [0.3, 0.4) is 0 Å². The molecule has 2 aromatic carbocycles. The Kier molecular flexibility index (Phi) is 5.99. The van der Waals surface area contributed by atoms with Gasteiger partial charge < -0.3 is 14.8 Å². The molecular formula is C19H19ClN2O6S. The summed E-state index contributed by atoms with van der Waals surface area (Å²) < 4.78 is 36.1. The molecule has 0 spiro atoms. The van der Waals surface area contributed by atoms with E-state index in [2.05, 4.69) is 5.32 Å². The second-order valence-electron chi connectivity index (χ2n) is 6.30. The molecule has 0 radical (unpaired) electrons. The number of carbonyl (C=O) groups is 2. The van der Waals surface area contributed by atoms with Crippen LogP contribution >= 0.6 is 11.6 Å². The molecule has 0 saturated heterocycles. The van der Waals surface area contributed by atoms with Crippen molar-refractivity contribution in [2.75, 3.05) is 29.0 Å². The Morgan fingerprint density at radius 3 is 2.55 bits per heavy atom. The SMILES string of the molecule is CCOC(=O)c1ccc(NC(=O)C2CN(S(C)(=O)=O)c3cc(Cl)ccc3O2)cc1. The average molecular weight is 439 g/mol. The first-order valence-electron chi connectivity index (χ1n) is 8.71. The van der Waals surface area contributed by atoms with Crippen LogP contribution in [-0.2, 0) is 19.6 Å². The Balaban J connectivity index is 1.78. The Morgan fingerprint density at radius 1 is 1.24 bits per heavy atom. The van der Waals surface area contributed by atoms with Crippen LogP contribution in [0.15, 0.2) is 42.5 Å². The lowest BCUT2D eigenvalue weighted by Crippen LogP contribution is -2.48. The van der Waals surface area contributed by atoms with E-state index in [0.717, 1.165) is 10.6 Å². The number of carbonyl (C=O) groups excluding carboxylic acids is 2. The third-order valence-corrected chi connectivity index (χ3v) is 5.53. The zero-order chi connectivity index (χ0) is 21.2. The number of nitrogens with zero attached hydrogens (tertiary/aromatic N) is 1. The molecule has 2 aromatic rings. The summed E-state index contributed by atoms with van der Waals surface area (Å²) in [5.74, 6) is -0.743. The van der Waals surface area contributed by atoms with E-state index in [0.29, 0.717) is 16.3 Å². The topological polar surface area (TPSA) is 102 Å². The highest BCUT2D eigenvalue weighted by Crippen LogP contribution is 2.37. The van der Waals surface area contributed by atoms with Crippen molar-refractivity contribution in [1.82, 2.24) is 0 Å². The average Bonchev–Trinajstić information content (AvgIpc) is 2.67.